The number of fused-ring (bicyclic) bond motifs is 1. The fraction of sp³-hybridized carbons (Fsp3) is 0.500. The number of benzene rings is 1. The lowest BCUT2D eigenvalue weighted by atomic mass is 9.92. The van der Waals surface area contributed by atoms with Crippen LogP contribution in [0, 0.1) is 32.1 Å². The number of imidazole rings is 1. The van der Waals surface area contributed by atoms with Crippen molar-refractivity contribution in [1.29, 1.82) is 0 Å². The Labute approximate surface area is 226 Å². The van der Waals surface area contributed by atoms with Gasteiger partial charge < -0.3 is 4.90 Å². The molecule has 0 atom stereocenters. The molecule has 1 aromatic rings. The molecule has 1 fully saturated rings. The fourth-order valence-corrected chi connectivity index (χ4v) is 8.03. The molecule has 1 saturated heterocycles. The van der Waals surface area contributed by atoms with Gasteiger partial charge in [0.05, 0.1) is 9.10 Å². The fourth-order valence-electron chi connectivity index (χ4n) is 4.36. The van der Waals surface area contributed by atoms with Crippen LogP contribution in [-0.2, 0) is 14.8 Å². The van der Waals surface area contributed by atoms with E-state index < -0.39 is 15.7 Å². The molecule has 1 aromatic carbocycles. The molecule has 0 bridgehead atoms. The number of hydrogen-bond acceptors (Lipinski definition) is 7. The number of hydrogen-bond donors (Lipinski definition) is 1. The average Bonchev–Trinajstić information content (AvgIpc) is 3.15. The quantitative estimate of drug-likeness (QED) is 0.432. The Morgan fingerprint density at radius 3 is 2.35 bits per heavy atom. The topological polar surface area (TPSA) is 101 Å². The van der Waals surface area contributed by atoms with Gasteiger partial charge in [0.15, 0.2) is 5.82 Å². The summed E-state index contributed by atoms with van der Waals surface area (Å²) < 4.78 is 31.1. The highest BCUT2D eigenvalue weighted by atomic mass is 32.2. The van der Waals surface area contributed by atoms with Crippen LogP contribution in [0.3, 0.4) is 0 Å². The molecule has 1 N–H and O–H groups in total. The molecule has 0 spiro atoms. The van der Waals surface area contributed by atoms with Crippen molar-refractivity contribution in [1.82, 2.24) is 14.5 Å². The van der Waals surface area contributed by atoms with Gasteiger partial charge in [-0.1, -0.05) is 38.5 Å². The predicted octanol–water partition coefficient (Wildman–Crippen LogP) is 4.83. The van der Waals surface area contributed by atoms with E-state index in [2.05, 4.69) is 9.71 Å². The summed E-state index contributed by atoms with van der Waals surface area (Å²) >= 11 is 3.17. The average molecular weight is 563 g/mol. The van der Waals surface area contributed by atoms with Crippen molar-refractivity contribution < 1.29 is 13.2 Å². The number of nitrogens with one attached hydrogen (secondary N) is 1. The molecule has 11 heteroatoms. The number of aromatic nitrogens is 2. The molecule has 0 unspecified atom stereocenters. The summed E-state index contributed by atoms with van der Waals surface area (Å²) in [5, 5.41) is 0. The molecular weight excluding hydrogens is 529 g/mol. The highest BCUT2D eigenvalue weighted by Gasteiger charge is 2.31. The van der Waals surface area contributed by atoms with Gasteiger partial charge in [-0.05, 0) is 51.7 Å². The van der Waals surface area contributed by atoms with Crippen molar-refractivity contribution in [3.8, 4) is 5.69 Å². The van der Waals surface area contributed by atoms with Crippen molar-refractivity contribution in [3.05, 3.63) is 50.9 Å². The van der Waals surface area contributed by atoms with Gasteiger partial charge in [-0.3, -0.25) is 14.1 Å². The lowest BCUT2D eigenvalue weighted by Gasteiger charge is -2.35. The zero-order valence-electron chi connectivity index (χ0n) is 22.1. The van der Waals surface area contributed by atoms with Gasteiger partial charge in [-0.15, -0.1) is 23.1 Å². The predicted molar refractivity (Wildman–Crippen MR) is 150 cm³/mol. The Morgan fingerprint density at radius 1 is 1.14 bits per heavy atom. The van der Waals surface area contributed by atoms with Crippen molar-refractivity contribution in [2.75, 3.05) is 23.6 Å². The Morgan fingerprint density at radius 2 is 1.76 bits per heavy atom. The highest BCUT2D eigenvalue weighted by molar-refractivity contribution is 8.01. The normalized spacial score (nSPS) is 15.4. The molecule has 0 aliphatic carbocycles. The van der Waals surface area contributed by atoms with Crippen LogP contribution in [0.25, 0.3) is 5.69 Å². The third-order valence-electron chi connectivity index (χ3n) is 6.69. The Bertz CT molecular complexity index is 1430. The number of piperidine rings is 1. The smallest absolute Gasteiger partial charge is 0.342 e. The van der Waals surface area contributed by atoms with E-state index in [9.17, 15) is 18.0 Å². The van der Waals surface area contributed by atoms with Crippen molar-refractivity contribution in [3.63, 3.8) is 0 Å². The van der Waals surface area contributed by atoms with Crippen molar-refractivity contribution in [2.24, 2.45) is 11.3 Å². The minimum atomic E-state index is -3.92. The highest BCUT2D eigenvalue weighted by Crippen LogP contribution is 2.40. The molecule has 37 heavy (non-hydrogen) atoms. The van der Waals surface area contributed by atoms with Crippen LogP contribution >= 0.6 is 23.1 Å². The number of carbonyl (C=O) groups is 1. The molecular formula is C26H34N4O4S3. The van der Waals surface area contributed by atoms with Gasteiger partial charge in [0.1, 0.15) is 5.69 Å². The number of carbonyl (C=O) groups excluding carboxylic acids is 1. The summed E-state index contributed by atoms with van der Waals surface area (Å²) in [6, 6.07) is 6.54. The van der Waals surface area contributed by atoms with E-state index in [1.54, 1.807) is 47.4 Å². The first-order chi connectivity index (χ1) is 17.3. The third kappa shape index (κ3) is 5.88. The largest absolute Gasteiger partial charge is 0.354 e. The molecule has 3 aliphatic rings. The monoisotopic (exact) mass is 562 g/mol. The number of amides is 1. The SMILES string of the molecule is Cc1ccc(S(=O)(=O)Nc2nc(=O)n3c(C)c(C)sc(SCC4CCN(C(=O)C(C)(C)C)CC4)c2-3)cc1. The second kappa shape index (κ2) is 10.4. The van der Waals surface area contributed by atoms with Crippen LogP contribution in [0.4, 0.5) is 5.82 Å². The molecule has 4 rings (SSSR count). The summed E-state index contributed by atoms with van der Waals surface area (Å²) in [6.07, 6.45) is 1.83. The van der Waals surface area contributed by atoms with E-state index in [1.165, 1.54) is 4.57 Å². The second-order valence-electron chi connectivity index (χ2n) is 10.7. The van der Waals surface area contributed by atoms with Crippen LogP contribution in [-0.4, -0.2) is 47.6 Å². The number of anilines is 1. The van der Waals surface area contributed by atoms with E-state index in [1.807, 2.05) is 46.4 Å². The maximum absolute atomic E-state index is 13.1. The van der Waals surface area contributed by atoms with Gasteiger partial charge in [0.25, 0.3) is 10.0 Å². The molecule has 8 nitrogen and oxygen atoms in total. The van der Waals surface area contributed by atoms with Gasteiger partial charge >= 0.3 is 5.69 Å². The van der Waals surface area contributed by atoms with Gasteiger partial charge in [0.2, 0.25) is 5.91 Å². The van der Waals surface area contributed by atoms with E-state index in [0.29, 0.717) is 11.6 Å². The van der Waals surface area contributed by atoms with Crippen molar-refractivity contribution in [2.45, 2.75) is 63.5 Å². The van der Waals surface area contributed by atoms with Gasteiger partial charge in [0, 0.05) is 34.8 Å². The van der Waals surface area contributed by atoms with Crippen LogP contribution in [0.2, 0.25) is 0 Å². The van der Waals surface area contributed by atoms with E-state index in [-0.39, 0.29) is 22.0 Å². The van der Waals surface area contributed by atoms with E-state index >= 15 is 0 Å². The third-order valence-corrected chi connectivity index (χ3v) is 10.7. The van der Waals surface area contributed by atoms with Crippen LogP contribution in [0.5, 0.6) is 0 Å². The van der Waals surface area contributed by atoms with Crippen LogP contribution in [0.1, 0.15) is 49.7 Å². The molecule has 0 aromatic heterocycles. The number of nitrogens with zero attached hydrogens (tertiary/aromatic N) is 3. The first-order valence-corrected chi connectivity index (χ1v) is 15.6. The molecule has 200 valence electrons. The number of rotatable bonds is 6. The van der Waals surface area contributed by atoms with Gasteiger partial charge in [-0.25, -0.2) is 13.2 Å². The lowest BCUT2D eigenvalue weighted by Crippen LogP contribution is -2.44. The first kappa shape index (κ1) is 27.7. The number of likely N-dealkylation sites (tertiary alicyclic amines) is 1. The standard InChI is InChI=1S/C26H34N4O4S3/c1-16-7-9-20(10-8-16)37(33,34)28-22-21-23(36-18(3)17(2)30(21)25(32)27-22)35-15-19-11-13-29(14-12-19)24(31)26(4,5)6/h7-10,19H,11-15H2,1-6H3,(H,27,28,32). The Hall–Kier alpha value is -2.37. The van der Waals surface area contributed by atoms with E-state index in [0.717, 1.165) is 52.0 Å². The molecule has 0 saturated carbocycles. The maximum Gasteiger partial charge on any atom is 0.354 e. The number of aryl methyl sites for hydroxylation is 2. The number of sulfonamides is 1. The first-order valence-electron chi connectivity index (χ1n) is 12.3. The summed E-state index contributed by atoms with van der Waals surface area (Å²) in [5.74, 6) is 1.48. The summed E-state index contributed by atoms with van der Waals surface area (Å²) in [6.45, 7) is 13.0. The summed E-state index contributed by atoms with van der Waals surface area (Å²) in [4.78, 5) is 32.6. The molecule has 1 amide bonds. The van der Waals surface area contributed by atoms with Crippen LogP contribution in [0.15, 0.2) is 38.2 Å². The minimum Gasteiger partial charge on any atom is -0.342 e. The molecule has 0 radical (unpaired) electrons. The van der Waals surface area contributed by atoms with Gasteiger partial charge in [-0.2, -0.15) is 4.98 Å². The van der Waals surface area contributed by atoms with E-state index in [4.69, 9.17) is 0 Å². The lowest BCUT2D eigenvalue weighted by molar-refractivity contribution is -0.140. The van der Waals surface area contributed by atoms with Crippen molar-refractivity contribution >= 4 is 44.8 Å². The minimum absolute atomic E-state index is 0.0537. The van der Waals surface area contributed by atoms with Crippen LogP contribution < -0.4 is 10.4 Å². The molecule has 3 heterocycles. The second-order valence-corrected chi connectivity index (χ2v) is 14.9. The zero-order chi connectivity index (χ0) is 27.1. The number of thioether (sulfide) groups is 1. The zero-order valence-corrected chi connectivity index (χ0v) is 24.6. The Balaban J connectivity index is 1.57. The summed E-state index contributed by atoms with van der Waals surface area (Å²) in [5.41, 5.74) is 1.32. The molecule has 3 aliphatic heterocycles. The maximum atomic E-state index is 13.1. The Kier molecular flexibility index (Phi) is 7.79. The summed E-state index contributed by atoms with van der Waals surface area (Å²) in [7, 11) is -3.92.